The minimum atomic E-state index is -0.987. The number of Topliss-reactive ketones (excluding diaryl/α,β-unsaturated/α-hetero) is 1. The van der Waals surface area contributed by atoms with Gasteiger partial charge in [0.05, 0.1) is 130 Å². The van der Waals surface area contributed by atoms with Gasteiger partial charge in [-0.05, 0) is 47.7 Å². The van der Waals surface area contributed by atoms with Crippen LogP contribution in [0.25, 0.3) is 10.4 Å². The molecule has 404 valence electrons. The Balaban J connectivity index is 1.53. The summed E-state index contributed by atoms with van der Waals surface area (Å²) in [4.78, 5) is 65.2. The average molecular weight is 1020 g/mol. The van der Waals surface area contributed by atoms with Gasteiger partial charge in [-0.15, -0.1) is 0 Å². The first-order valence-electron chi connectivity index (χ1n) is 24.5. The number of carbonyl (C=O) groups is 4. The van der Waals surface area contributed by atoms with Crippen LogP contribution in [0.3, 0.4) is 0 Å². The maximum atomic E-state index is 13.7. The van der Waals surface area contributed by atoms with Gasteiger partial charge in [-0.2, -0.15) is 0 Å². The Morgan fingerprint density at radius 2 is 1.15 bits per heavy atom. The van der Waals surface area contributed by atoms with E-state index in [9.17, 15) is 29.3 Å². The van der Waals surface area contributed by atoms with Crippen molar-refractivity contribution >= 4 is 35.1 Å². The predicted octanol–water partition coefficient (Wildman–Crippen LogP) is 6.79. The van der Waals surface area contributed by atoms with Crippen LogP contribution in [0.5, 0.6) is 5.75 Å². The lowest BCUT2D eigenvalue weighted by atomic mass is 9.88. The Labute approximate surface area is 422 Å². The third-order valence-electron chi connectivity index (χ3n) is 10.2. The maximum Gasteiger partial charge on any atom is 0.514 e. The number of benzene rings is 2. The first kappa shape index (κ1) is 62.8. The van der Waals surface area contributed by atoms with Crippen LogP contribution in [0.4, 0.5) is 16.2 Å². The van der Waals surface area contributed by atoms with Gasteiger partial charge in [0.15, 0.2) is 5.78 Å². The molecule has 0 saturated carbocycles. The lowest BCUT2D eigenvalue weighted by Gasteiger charge is -2.24. The predicted molar refractivity (Wildman–Crippen MR) is 264 cm³/mol. The largest absolute Gasteiger partial charge is 0.514 e. The summed E-state index contributed by atoms with van der Waals surface area (Å²) in [6.07, 6.45) is 3.24. The monoisotopic (exact) mass is 1020 g/mol. The molecule has 0 aliphatic carbocycles. The molecule has 0 aliphatic rings. The summed E-state index contributed by atoms with van der Waals surface area (Å²) >= 11 is 0. The lowest BCUT2D eigenvalue weighted by Crippen LogP contribution is -2.45. The number of anilines is 1. The van der Waals surface area contributed by atoms with Gasteiger partial charge in [-0.25, -0.2) is 4.79 Å². The number of non-ortho nitro benzene ring substituents is 1. The summed E-state index contributed by atoms with van der Waals surface area (Å²) in [6, 6.07) is 10.9. The molecular weight excluding hydrogens is 945 g/mol. The topological polar surface area (TPSA) is 286 Å². The number of rotatable bonds is 46. The number of nitro benzene ring substituents is 1. The Morgan fingerprint density at radius 1 is 0.667 bits per heavy atom. The molecule has 2 amide bonds. The molecule has 72 heavy (non-hydrogen) atoms. The van der Waals surface area contributed by atoms with Gasteiger partial charge in [0.1, 0.15) is 12.4 Å². The molecule has 2 aromatic carbocycles. The molecule has 0 spiro atoms. The zero-order valence-electron chi connectivity index (χ0n) is 42.2. The number of unbranched alkanes of at least 4 members (excludes halogenated alkanes) is 3. The van der Waals surface area contributed by atoms with Gasteiger partial charge < -0.3 is 62.7 Å². The fourth-order valence-electron chi connectivity index (χ4n) is 6.39. The number of ketones is 1. The highest BCUT2D eigenvalue weighted by Crippen LogP contribution is 2.22. The van der Waals surface area contributed by atoms with E-state index in [1.807, 2.05) is 13.8 Å². The molecule has 0 heterocycles. The van der Waals surface area contributed by atoms with Crippen LogP contribution in [0.1, 0.15) is 71.3 Å². The summed E-state index contributed by atoms with van der Waals surface area (Å²) in [6.45, 7) is 13.2. The number of carbonyl (C=O) groups excluding carboxylic acids is 4. The highest BCUT2D eigenvalue weighted by atomic mass is 16.7. The molecule has 0 saturated heterocycles. The van der Waals surface area contributed by atoms with Crippen molar-refractivity contribution in [1.82, 2.24) is 5.32 Å². The van der Waals surface area contributed by atoms with E-state index in [1.165, 1.54) is 24.3 Å². The first-order valence-corrected chi connectivity index (χ1v) is 24.5. The molecule has 0 aromatic heterocycles. The normalized spacial score (nSPS) is 11.9. The third-order valence-corrected chi connectivity index (χ3v) is 10.2. The van der Waals surface area contributed by atoms with Gasteiger partial charge in [0.25, 0.3) is 5.69 Å². The molecule has 2 rings (SSSR count). The Bertz CT molecular complexity index is 1820. The maximum absolute atomic E-state index is 13.7. The van der Waals surface area contributed by atoms with Crippen LogP contribution < -0.4 is 15.4 Å². The van der Waals surface area contributed by atoms with Crippen LogP contribution in [-0.4, -0.2) is 160 Å². The molecule has 0 aliphatic heterocycles. The van der Waals surface area contributed by atoms with Crippen molar-refractivity contribution in [3.05, 3.63) is 74.7 Å². The molecule has 2 N–H and O–H groups in total. The zero-order valence-corrected chi connectivity index (χ0v) is 42.2. The smallest absolute Gasteiger partial charge is 0.429 e. The molecule has 2 atom stereocenters. The minimum Gasteiger partial charge on any atom is -0.429 e. The second-order valence-electron chi connectivity index (χ2n) is 16.3. The number of hydrogen-bond acceptors (Lipinski definition) is 18. The third kappa shape index (κ3) is 32.6. The number of nitrogens with zero attached hydrogens (tertiary/aromatic N) is 4. The van der Waals surface area contributed by atoms with E-state index in [0.29, 0.717) is 130 Å². The van der Waals surface area contributed by atoms with Crippen molar-refractivity contribution in [2.45, 2.75) is 78.4 Å². The fraction of sp³-hybridized carbons (Fsp3) is 0.673. The van der Waals surface area contributed by atoms with E-state index in [2.05, 4.69) is 27.6 Å². The molecule has 23 nitrogen and oxygen atoms in total. The summed E-state index contributed by atoms with van der Waals surface area (Å²) in [5, 5.41) is 20.0. The van der Waals surface area contributed by atoms with Crippen molar-refractivity contribution in [3.8, 4) is 5.75 Å². The molecular formula is C49H76N6O17. The summed E-state index contributed by atoms with van der Waals surface area (Å²) in [5.41, 5.74) is 9.15. The summed E-state index contributed by atoms with van der Waals surface area (Å²) in [7, 11) is 0. The lowest BCUT2D eigenvalue weighted by molar-refractivity contribution is -0.384. The van der Waals surface area contributed by atoms with E-state index >= 15 is 0 Å². The number of azide groups is 1. The molecule has 0 radical (unpaired) electrons. The highest BCUT2D eigenvalue weighted by Gasteiger charge is 2.29. The van der Waals surface area contributed by atoms with Crippen molar-refractivity contribution in [3.63, 3.8) is 0 Å². The van der Waals surface area contributed by atoms with Gasteiger partial charge in [-0.3, -0.25) is 24.5 Å². The molecule has 0 fully saturated rings. The van der Waals surface area contributed by atoms with Crippen LogP contribution in [-0.2, 0) is 68.4 Å². The van der Waals surface area contributed by atoms with Gasteiger partial charge >= 0.3 is 6.16 Å². The number of amides is 2. The first-order chi connectivity index (χ1) is 35.0. The Morgan fingerprint density at radius 3 is 1.61 bits per heavy atom. The average Bonchev–Trinajstić information content (AvgIpc) is 3.36. The molecule has 0 unspecified atom stereocenters. The van der Waals surface area contributed by atoms with Crippen molar-refractivity contribution in [2.24, 2.45) is 17.0 Å². The van der Waals surface area contributed by atoms with Crippen LogP contribution in [0.15, 0.2) is 53.6 Å². The zero-order chi connectivity index (χ0) is 52.3. The fourth-order valence-corrected chi connectivity index (χ4v) is 6.39. The van der Waals surface area contributed by atoms with Gasteiger partial charge in [0, 0.05) is 48.0 Å². The van der Waals surface area contributed by atoms with Crippen molar-refractivity contribution < 1.29 is 76.2 Å². The number of ether oxygens (including phenoxy) is 11. The SMILES string of the molecule is CCCCCC[C@H](CC(=O)[C@@H](NC(=O)CCOCCOCCOCCOCCOCCOCCOCCOCCOCCN=[N+]=[N-])C(C)C)C(=O)Nc1ccc(COC(=O)Oc2ccc([N+](=O)[O-])cc2)cc1. The van der Waals surface area contributed by atoms with Crippen molar-refractivity contribution in [2.75, 3.05) is 131 Å². The molecule has 0 bridgehead atoms. The standard InChI is InChI=1S/C49H76N6O17/c1-4-5-6-7-8-41(48(58)52-42-11-9-40(10-12-42)38-71-49(59)72-44-15-13-43(14-16-44)55(60)61)37-45(56)47(39(2)3)53-46(57)17-19-62-21-23-64-25-27-66-29-31-68-33-35-70-36-34-69-32-30-67-28-26-65-24-22-63-20-18-51-54-50/h9-16,39,41,47H,4-8,17-38H2,1-3H3,(H,52,58)(H,53,57)/t41-,47+/m1/s1. The van der Waals surface area contributed by atoms with E-state index < -0.39 is 23.0 Å². The minimum absolute atomic E-state index is 0.0411. The van der Waals surface area contributed by atoms with Crippen LogP contribution >= 0.6 is 0 Å². The van der Waals surface area contributed by atoms with Gasteiger partial charge in [0.2, 0.25) is 11.8 Å². The summed E-state index contributed by atoms with van der Waals surface area (Å²) in [5.74, 6) is -1.60. The number of hydrogen-bond donors (Lipinski definition) is 2. The highest BCUT2D eigenvalue weighted by molar-refractivity contribution is 5.97. The van der Waals surface area contributed by atoms with Gasteiger partial charge in [-0.1, -0.05) is 63.7 Å². The van der Waals surface area contributed by atoms with E-state index in [1.54, 1.807) is 24.3 Å². The Kier molecular flexibility index (Phi) is 36.8. The second kappa shape index (κ2) is 42.2. The number of nitro groups is 1. The second-order valence-corrected chi connectivity index (χ2v) is 16.3. The summed E-state index contributed by atoms with van der Waals surface area (Å²) < 4.78 is 59.3. The van der Waals surface area contributed by atoms with E-state index in [0.717, 1.165) is 25.7 Å². The van der Waals surface area contributed by atoms with E-state index in [4.69, 9.17) is 57.6 Å². The van der Waals surface area contributed by atoms with E-state index in [-0.39, 0.29) is 67.6 Å². The van der Waals surface area contributed by atoms with Crippen LogP contribution in [0, 0.1) is 22.0 Å². The quantitative estimate of drug-likeness (QED) is 0.0101. The number of nitrogens with one attached hydrogen (secondary N) is 2. The molecule has 23 heteroatoms. The van der Waals surface area contributed by atoms with Crippen molar-refractivity contribution in [1.29, 1.82) is 0 Å². The molecule has 2 aromatic rings. The van der Waals surface area contributed by atoms with Crippen LogP contribution in [0.2, 0.25) is 0 Å². The Hall–Kier alpha value is -5.33.